The standard InChI is InChI=1S/C10H21NO/c1-8(2)10(3,12)9-5-4-6-11-7-9/h8-9,11-12H,4-7H2,1-3H3. The summed E-state index contributed by atoms with van der Waals surface area (Å²) < 4.78 is 0. The van der Waals surface area contributed by atoms with Crippen molar-refractivity contribution in [1.82, 2.24) is 5.32 Å². The number of nitrogens with one attached hydrogen (secondary N) is 1. The van der Waals surface area contributed by atoms with Gasteiger partial charge in [-0.3, -0.25) is 0 Å². The fourth-order valence-corrected chi connectivity index (χ4v) is 1.82. The number of rotatable bonds is 2. The summed E-state index contributed by atoms with van der Waals surface area (Å²) in [6.07, 6.45) is 2.37. The van der Waals surface area contributed by atoms with Gasteiger partial charge in [0.25, 0.3) is 0 Å². The van der Waals surface area contributed by atoms with Crippen molar-refractivity contribution in [3.8, 4) is 0 Å². The van der Waals surface area contributed by atoms with Crippen LogP contribution in [0.25, 0.3) is 0 Å². The Kier molecular flexibility index (Phi) is 3.13. The molecule has 2 N–H and O–H groups in total. The molecule has 2 heteroatoms. The van der Waals surface area contributed by atoms with Crippen LogP contribution < -0.4 is 5.32 Å². The first kappa shape index (κ1) is 10.0. The average Bonchev–Trinajstić information content (AvgIpc) is 2.06. The summed E-state index contributed by atoms with van der Waals surface area (Å²) >= 11 is 0. The average molecular weight is 171 g/mol. The van der Waals surface area contributed by atoms with Crippen molar-refractivity contribution < 1.29 is 5.11 Å². The molecule has 2 unspecified atom stereocenters. The van der Waals surface area contributed by atoms with E-state index in [0.29, 0.717) is 11.8 Å². The predicted molar refractivity (Wildman–Crippen MR) is 51.1 cm³/mol. The maximum atomic E-state index is 10.2. The second-order valence-electron chi connectivity index (χ2n) is 4.42. The van der Waals surface area contributed by atoms with Crippen molar-refractivity contribution in [1.29, 1.82) is 0 Å². The van der Waals surface area contributed by atoms with E-state index in [0.717, 1.165) is 19.5 Å². The fourth-order valence-electron chi connectivity index (χ4n) is 1.82. The smallest absolute Gasteiger partial charge is 0.0682 e. The molecule has 0 bridgehead atoms. The molecule has 1 rings (SSSR count). The van der Waals surface area contributed by atoms with Crippen LogP contribution in [0, 0.1) is 11.8 Å². The van der Waals surface area contributed by atoms with Crippen LogP contribution >= 0.6 is 0 Å². The molecule has 0 aliphatic carbocycles. The van der Waals surface area contributed by atoms with E-state index in [4.69, 9.17) is 0 Å². The van der Waals surface area contributed by atoms with Crippen LogP contribution in [0.1, 0.15) is 33.6 Å². The van der Waals surface area contributed by atoms with Gasteiger partial charge in [0.2, 0.25) is 0 Å². The maximum absolute atomic E-state index is 10.2. The zero-order valence-corrected chi connectivity index (χ0v) is 8.43. The van der Waals surface area contributed by atoms with Crippen LogP contribution in [0.15, 0.2) is 0 Å². The number of hydrogen-bond acceptors (Lipinski definition) is 2. The van der Waals surface area contributed by atoms with Gasteiger partial charge in [0.15, 0.2) is 0 Å². The van der Waals surface area contributed by atoms with Gasteiger partial charge < -0.3 is 10.4 Å². The summed E-state index contributed by atoms with van der Waals surface area (Å²) in [5.41, 5.74) is -0.493. The van der Waals surface area contributed by atoms with Gasteiger partial charge in [0, 0.05) is 12.5 Å². The van der Waals surface area contributed by atoms with E-state index in [1.807, 2.05) is 6.92 Å². The molecule has 0 aromatic heterocycles. The second-order valence-corrected chi connectivity index (χ2v) is 4.42. The lowest BCUT2D eigenvalue weighted by Crippen LogP contribution is -2.47. The quantitative estimate of drug-likeness (QED) is 0.658. The Morgan fingerprint density at radius 1 is 1.50 bits per heavy atom. The van der Waals surface area contributed by atoms with Crippen molar-refractivity contribution in [2.24, 2.45) is 11.8 Å². The zero-order valence-electron chi connectivity index (χ0n) is 8.43. The summed E-state index contributed by atoms with van der Waals surface area (Å²) in [7, 11) is 0. The van der Waals surface area contributed by atoms with Crippen molar-refractivity contribution in [3.63, 3.8) is 0 Å². The Balaban J connectivity index is 2.53. The van der Waals surface area contributed by atoms with Crippen LogP contribution in [-0.4, -0.2) is 23.8 Å². The number of aliphatic hydroxyl groups is 1. The summed E-state index contributed by atoms with van der Waals surface area (Å²) in [6, 6.07) is 0. The third-order valence-corrected chi connectivity index (χ3v) is 3.29. The predicted octanol–water partition coefficient (Wildman–Crippen LogP) is 1.39. The largest absolute Gasteiger partial charge is 0.390 e. The zero-order chi connectivity index (χ0) is 9.19. The minimum absolute atomic E-state index is 0.349. The molecule has 12 heavy (non-hydrogen) atoms. The van der Waals surface area contributed by atoms with Gasteiger partial charge in [-0.1, -0.05) is 13.8 Å². The molecular weight excluding hydrogens is 150 g/mol. The topological polar surface area (TPSA) is 32.3 Å². The van der Waals surface area contributed by atoms with Gasteiger partial charge in [0.05, 0.1) is 5.60 Å². The molecule has 0 amide bonds. The van der Waals surface area contributed by atoms with E-state index in [1.54, 1.807) is 0 Å². The highest BCUT2D eigenvalue weighted by molar-refractivity contribution is 4.88. The molecule has 0 aromatic carbocycles. The lowest BCUT2D eigenvalue weighted by molar-refractivity contribution is -0.0493. The summed E-state index contributed by atoms with van der Waals surface area (Å²) in [5.74, 6) is 0.786. The molecule has 1 aliphatic rings. The highest BCUT2D eigenvalue weighted by atomic mass is 16.3. The highest BCUT2D eigenvalue weighted by Gasteiger charge is 2.35. The van der Waals surface area contributed by atoms with Crippen molar-refractivity contribution in [2.75, 3.05) is 13.1 Å². The normalized spacial score (nSPS) is 30.2. The molecule has 1 aliphatic heterocycles. The molecule has 2 atom stereocenters. The lowest BCUT2D eigenvalue weighted by Gasteiger charge is -2.38. The van der Waals surface area contributed by atoms with Gasteiger partial charge in [-0.25, -0.2) is 0 Å². The number of piperidine rings is 1. The lowest BCUT2D eigenvalue weighted by atomic mass is 9.76. The van der Waals surface area contributed by atoms with Crippen molar-refractivity contribution >= 4 is 0 Å². The molecule has 1 fully saturated rings. The van der Waals surface area contributed by atoms with Crippen LogP contribution in [-0.2, 0) is 0 Å². The summed E-state index contributed by atoms with van der Waals surface area (Å²) in [4.78, 5) is 0. The van der Waals surface area contributed by atoms with Crippen LogP contribution in [0.2, 0.25) is 0 Å². The SMILES string of the molecule is CC(C)C(C)(O)C1CCCNC1. The highest BCUT2D eigenvalue weighted by Crippen LogP contribution is 2.30. The van der Waals surface area contributed by atoms with Gasteiger partial charge in [-0.05, 0) is 32.2 Å². The summed E-state index contributed by atoms with van der Waals surface area (Å²) in [5, 5.41) is 13.5. The van der Waals surface area contributed by atoms with E-state index >= 15 is 0 Å². The second kappa shape index (κ2) is 3.75. The van der Waals surface area contributed by atoms with E-state index < -0.39 is 5.60 Å². The van der Waals surface area contributed by atoms with E-state index in [1.165, 1.54) is 6.42 Å². The van der Waals surface area contributed by atoms with Gasteiger partial charge in [-0.15, -0.1) is 0 Å². The number of hydrogen-bond donors (Lipinski definition) is 2. The molecule has 1 saturated heterocycles. The Hall–Kier alpha value is -0.0800. The van der Waals surface area contributed by atoms with Gasteiger partial charge >= 0.3 is 0 Å². The Morgan fingerprint density at radius 3 is 2.58 bits per heavy atom. The van der Waals surface area contributed by atoms with Crippen LogP contribution in [0.3, 0.4) is 0 Å². The minimum atomic E-state index is -0.493. The van der Waals surface area contributed by atoms with E-state index in [2.05, 4.69) is 19.2 Å². The first-order chi connectivity index (χ1) is 5.55. The van der Waals surface area contributed by atoms with Crippen molar-refractivity contribution in [2.45, 2.75) is 39.2 Å². The first-order valence-corrected chi connectivity index (χ1v) is 4.98. The maximum Gasteiger partial charge on any atom is 0.0682 e. The summed E-state index contributed by atoms with van der Waals surface area (Å²) in [6.45, 7) is 8.24. The van der Waals surface area contributed by atoms with Crippen LogP contribution in [0.5, 0.6) is 0 Å². The van der Waals surface area contributed by atoms with Crippen molar-refractivity contribution in [3.05, 3.63) is 0 Å². The molecule has 0 saturated carbocycles. The molecule has 0 radical (unpaired) electrons. The van der Waals surface area contributed by atoms with Gasteiger partial charge in [-0.2, -0.15) is 0 Å². The molecular formula is C10H21NO. The monoisotopic (exact) mass is 171 g/mol. The molecule has 0 aromatic rings. The fraction of sp³-hybridized carbons (Fsp3) is 1.00. The molecule has 0 spiro atoms. The third kappa shape index (κ3) is 1.99. The Morgan fingerprint density at radius 2 is 2.17 bits per heavy atom. The van der Waals surface area contributed by atoms with Gasteiger partial charge in [0.1, 0.15) is 0 Å². The van der Waals surface area contributed by atoms with Crippen LogP contribution in [0.4, 0.5) is 0 Å². The molecule has 72 valence electrons. The van der Waals surface area contributed by atoms with E-state index in [9.17, 15) is 5.11 Å². The molecule has 1 heterocycles. The Labute approximate surface area is 75.4 Å². The third-order valence-electron chi connectivity index (χ3n) is 3.29. The Bertz CT molecular complexity index is 137. The minimum Gasteiger partial charge on any atom is -0.390 e. The molecule has 2 nitrogen and oxygen atoms in total. The first-order valence-electron chi connectivity index (χ1n) is 4.98. The van der Waals surface area contributed by atoms with E-state index in [-0.39, 0.29) is 0 Å².